The van der Waals surface area contributed by atoms with E-state index >= 15 is 0 Å². The highest BCUT2D eigenvalue weighted by atomic mass is 32.3. The summed E-state index contributed by atoms with van der Waals surface area (Å²) in [4.78, 5) is 2.57. The molecule has 38 heavy (non-hydrogen) atoms. The summed E-state index contributed by atoms with van der Waals surface area (Å²) in [6.07, 6.45) is 16.6. The van der Waals surface area contributed by atoms with Gasteiger partial charge in [0.2, 0.25) is 0 Å². The molecule has 0 unspecified atom stereocenters. The van der Waals surface area contributed by atoms with Crippen LogP contribution in [0.25, 0.3) is 0 Å². The Labute approximate surface area is 255 Å². The van der Waals surface area contributed by atoms with Crippen molar-refractivity contribution in [1.82, 2.24) is 0 Å². The summed E-state index contributed by atoms with van der Waals surface area (Å²) < 4.78 is 5.70. The first kappa shape index (κ1) is 30.7. The van der Waals surface area contributed by atoms with Gasteiger partial charge in [0.25, 0.3) is 0 Å². The second-order valence-corrected chi connectivity index (χ2v) is 17.2. The van der Waals surface area contributed by atoms with Crippen molar-refractivity contribution in [2.75, 3.05) is 11.5 Å². The normalized spacial score (nSPS) is 16.5. The Balaban J connectivity index is 1.60. The number of benzene rings is 1. The van der Waals surface area contributed by atoms with Gasteiger partial charge >= 0.3 is 0 Å². The monoisotopic (exact) mass is 618 g/mol. The minimum absolute atomic E-state index is 0.662. The van der Waals surface area contributed by atoms with Crippen LogP contribution >= 0.6 is 70.6 Å². The van der Waals surface area contributed by atoms with Gasteiger partial charge in [0.15, 0.2) is 0 Å². The van der Waals surface area contributed by atoms with E-state index in [0.29, 0.717) is 11.1 Å². The minimum Gasteiger partial charge on any atom is -0.192 e. The Bertz CT molecular complexity index is 1060. The molecule has 0 radical (unpaired) electrons. The minimum atomic E-state index is 0.662. The highest BCUT2D eigenvalue weighted by Gasteiger charge is 2.34. The zero-order valence-electron chi connectivity index (χ0n) is 22.7. The SMILES string of the molecule is CCCCCCCCc1c(C#N)c(C#N)c(CCCCCCCC)c2c1SC(=C1SC3=C(SCCS3)S1)S2. The largest absolute Gasteiger partial charge is 0.192 e. The van der Waals surface area contributed by atoms with E-state index in [1.807, 2.05) is 70.6 Å². The van der Waals surface area contributed by atoms with Crippen molar-refractivity contribution >= 4 is 70.6 Å². The van der Waals surface area contributed by atoms with Crippen LogP contribution in [0.1, 0.15) is 113 Å². The Morgan fingerprint density at radius 3 is 1.34 bits per heavy atom. The zero-order valence-corrected chi connectivity index (χ0v) is 27.6. The van der Waals surface area contributed by atoms with E-state index in [1.165, 1.54) is 102 Å². The molecule has 1 aromatic carbocycles. The number of nitriles is 2. The molecule has 0 saturated heterocycles. The van der Waals surface area contributed by atoms with Crippen molar-refractivity contribution in [3.8, 4) is 12.1 Å². The second-order valence-electron chi connectivity index (χ2n) is 9.88. The third kappa shape index (κ3) is 7.74. The number of thioether (sulfide) groups is 6. The van der Waals surface area contributed by atoms with Crippen molar-refractivity contribution < 1.29 is 0 Å². The topological polar surface area (TPSA) is 47.6 Å². The Kier molecular flexibility index (Phi) is 13.2. The molecule has 0 fully saturated rings. The van der Waals surface area contributed by atoms with Crippen LogP contribution in [-0.2, 0) is 12.8 Å². The van der Waals surface area contributed by atoms with Gasteiger partial charge in [-0.05, 0) is 36.8 Å². The van der Waals surface area contributed by atoms with Crippen LogP contribution < -0.4 is 0 Å². The van der Waals surface area contributed by atoms with E-state index in [2.05, 4.69) is 26.0 Å². The maximum atomic E-state index is 10.3. The van der Waals surface area contributed by atoms with Crippen LogP contribution in [0.3, 0.4) is 0 Å². The first-order chi connectivity index (χ1) is 18.7. The standard InChI is InChI=1S/C30H38N2S6/c1-3-5-7-9-11-13-15-21-23(19-31)24(20-32)22(16-14-12-10-8-6-4-2)26-25(21)35-29(36-26)30-37-27-28(38-30)34-18-17-33-27/h3-18H2,1-2H3. The molecule has 2 nitrogen and oxygen atoms in total. The molecule has 0 saturated carbocycles. The Morgan fingerprint density at radius 1 is 0.526 bits per heavy atom. The average Bonchev–Trinajstić information content (AvgIpc) is 3.57. The number of unbranched alkanes of at least 4 members (excludes halogenated alkanes) is 10. The summed E-state index contributed by atoms with van der Waals surface area (Å²) in [7, 11) is 0. The summed E-state index contributed by atoms with van der Waals surface area (Å²) in [6, 6.07) is 5.01. The quantitative estimate of drug-likeness (QED) is 0.191. The number of hydrogen-bond acceptors (Lipinski definition) is 8. The number of nitrogens with zero attached hydrogens (tertiary/aromatic N) is 2. The van der Waals surface area contributed by atoms with Crippen molar-refractivity contribution in [3.63, 3.8) is 0 Å². The molecule has 0 atom stereocenters. The molecule has 8 heteroatoms. The lowest BCUT2D eigenvalue weighted by atomic mass is 9.91. The maximum absolute atomic E-state index is 10.3. The molecule has 3 aliphatic heterocycles. The number of hydrogen-bond donors (Lipinski definition) is 0. The fourth-order valence-electron chi connectivity index (χ4n) is 5.00. The van der Waals surface area contributed by atoms with Crippen LogP contribution in [0.15, 0.2) is 26.7 Å². The zero-order chi connectivity index (χ0) is 26.7. The average molecular weight is 619 g/mol. The van der Waals surface area contributed by atoms with E-state index in [-0.39, 0.29) is 0 Å². The van der Waals surface area contributed by atoms with Gasteiger partial charge in [-0.1, -0.05) is 125 Å². The predicted octanol–water partition coefficient (Wildman–Crippen LogP) is 11.6. The molecule has 0 bridgehead atoms. The van der Waals surface area contributed by atoms with Crippen LogP contribution in [0.2, 0.25) is 0 Å². The summed E-state index contributed by atoms with van der Waals surface area (Å²) in [5.41, 5.74) is 3.61. The summed E-state index contributed by atoms with van der Waals surface area (Å²) in [5.74, 6) is 2.39. The Hall–Kier alpha value is -0.220. The lowest BCUT2D eigenvalue weighted by molar-refractivity contribution is 0.601. The van der Waals surface area contributed by atoms with E-state index < -0.39 is 0 Å². The van der Waals surface area contributed by atoms with E-state index in [1.54, 1.807) is 0 Å². The van der Waals surface area contributed by atoms with Gasteiger partial charge in [-0.15, -0.1) is 23.5 Å². The smallest absolute Gasteiger partial charge is 0.101 e. The van der Waals surface area contributed by atoms with Crippen molar-refractivity contribution in [1.29, 1.82) is 10.5 Å². The van der Waals surface area contributed by atoms with Crippen molar-refractivity contribution in [3.05, 3.63) is 39.2 Å². The fraction of sp³-hybridized carbons (Fsp3) is 0.600. The summed E-state index contributed by atoms with van der Waals surface area (Å²) in [6.45, 7) is 4.51. The molecule has 3 heterocycles. The van der Waals surface area contributed by atoms with Crippen LogP contribution in [0, 0.1) is 22.7 Å². The highest BCUT2D eigenvalue weighted by Crippen LogP contribution is 2.66. The van der Waals surface area contributed by atoms with Gasteiger partial charge in [0.05, 0.1) is 28.1 Å². The molecule has 0 aromatic heterocycles. The van der Waals surface area contributed by atoms with Gasteiger partial charge in [-0.25, -0.2) is 0 Å². The molecule has 4 rings (SSSR count). The van der Waals surface area contributed by atoms with Gasteiger partial charge in [-0.2, -0.15) is 10.5 Å². The highest BCUT2D eigenvalue weighted by molar-refractivity contribution is 8.42. The fourth-order valence-corrected chi connectivity index (χ4v) is 14.1. The molecule has 1 aromatic rings. The van der Waals surface area contributed by atoms with Gasteiger partial charge in [-0.3, -0.25) is 0 Å². The Morgan fingerprint density at radius 2 is 0.921 bits per heavy atom. The van der Waals surface area contributed by atoms with E-state index in [9.17, 15) is 10.5 Å². The maximum Gasteiger partial charge on any atom is 0.101 e. The van der Waals surface area contributed by atoms with Crippen LogP contribution in [0.4, 0.5) is 0 Å². The molecule has 204 valence electrons. The molecule has 3 aliphatic rings. The predicted molar refractivity (Wildman–Crippen MR) is 176 cm³/mol. The second kappa shape index (κ2) is 16.3. The van der Waals surface area contributed by atoms with Crippen molar-refractivity contribution in [2.45, 2.75) is 114 Å². The third-order valence-electron chi connectivity index (χ3n) is 7.04. The summed E-state index contributed by atoms with van der Waals surface area (Å²) in [5, 5.41) is 20.6. The molecule has 0 amide bonds. The van der Waals surface area contributed by atoms with Gasteiger partial charge < -0.3 is 0 Å². The lowest BCUT2D eigenvalue weighted by Crippen LogP contribution is -2.04. The number of rotatable bonds is 14. The van der Waals surface area contributed by atoms with Crippen LogP contribution in [0.5, 0.6) is 0 Å². The molecule has 0 spiro atoms. The van der Waals surface area contributed by atoms with E-state index in [4.69, 9.17) is 0 Å². The lowest BCUT2D eigenvalue weighted by Gasteiger charge is -2.16. The molecular formula is C30H38N2S6. The first-order valence-electron chi connectivity index (χ1n) is 14.2. The summed E-state index contributed by atoms with van der Waals surface area (Å²) >= 11 is 11.7. The van der Waals surface area contributed by atoms with Gasteiger partial charge in [0, 0.05) is 21.3 Å². The van der Waals surface area contributed by atoms with Gasteiger partial charge in [0.1, 0.15) is 12.1 Å². The molecular weight excluding hydrogens is 581 g/mol. The molecule has 0 aliphatic carbocycles. The molecule has 0 N–H and O–H groups in total. The van der Waals surface area contributed by atoms with Crippen LogP contribution in [-0.4, -0.2) is 11.5 Å². The number of fused-ring (bicyclic) bond motifs is 1. The van der Waals surface area contributed by atoms with E-state index in [0.717, 1.165) is 36.8 Å². The first-order valence-corrected chi connectivity index (χ1v) is 19.4. The van der Waals surface area contributed by atoms with Crippen molar-refractivity contribution in [2.24, 2.45) is 0 Å². The third-order valence-corrected chi connectivity index (χ3v) is 16.1.